The first-order chi connectivity index (χ1) is 12.9. The zero-order chi connectivity index (χ0) is 17.1. The highest BCUT2D eigenvalue weighted by Gasteiger charge is 2.22. The monoisotopic (exact) mass is 366 g/mol. The van der Waals surface area contributed by atoms with Crippen molar-refractivity contribution >= 4 is 51.8 Å². The molecule has 0 saturated carbocycles. The summed E-state index contributed by atoms with van der Waals surface area (Å²) in [6, 6.07) is 22.8. The van der Waals surface area contributed by atoms with E-state index < -0.39 is 0 Å². The number of allylic oxidation sites excluding steroid dienone is 4. The van der Waals surface area contributed by atoms with Crippen LogP contribution in [-0.2, 0) is 0 Å². The first kappa shape index (κ1) is 14.7. The van der Waals surface area contributed by atoms with E-state index in [1.54, 1.807) is 16.0 Å². The molecule has 0 unspecified atom stereocenters. The summed E-state index contributed by atoms with van der Waals surface area (Å²) < 4.78 is 2.79. The van der Waals surface area contributed by atoms with E-state index >= 15 is 0 Å². The Morgan fingerprint density at radius 3 is 2.77 bits per heavy atom. The number of thiophene rings is 1. The van der Waals surface area contributed by atoms with Gasteiger partial charge in [-0.3, -0.25) is 0 Å². The lowest BCUT2D eigenvalue weighted by Gasteiger charge is -2.10. The smallest absolute Gasteiger partial charge is 0.0840 e. The van der Waals surface area contributed by atoms with Gasteiger partial charge in [0.05, 0.1) is 9.52 Å². The third-order valence-corrected chi connectivity index (χ3v) is 9.18. The number of fused-ring (bicyclic) bond motifs is 5. The van der Waals surface area contributed by atoms with Gasteiger partial charge in [-0.15, -0.1) is 11.3 Å². The van der Waals surface area contributed by atoms with E-state index in [1.165, 1.54) is 49.7 Å². The summed E-state index contributed by atoms with van der Waals surface area (Å²) in [5, 5.41) is 6.16. The Morgan fingerprint density at radius 2 is 1.77 bits per heavy atom. The van der Waals surface area contributed by atoms with E-state index in [1.807, 2.05) is 11.3 Å². The van der Waals surface area contributed by atoms with Gasteiger partial charge in [0, 0.05) is 20.2 Å². The summed E-state index contributed by atoms with van der Waals surface area (Å²) >= 11 is 1.92. The predicted octanol–water partition coefficient (Wildman–Crippen LogP) is 5.59. The maximum Gasteiger partial charge on any atom is 0.0840 e. The van der Waals surface area contributed by atoms with Crippen LogP contribution >= 0.6 is 11.3 Å². The van der Waals surface area contributed by atoms with E-state index in [-0.39, 0.29) is 9.52 Å². The molecular weight excluding hydrogens is 348 g/mol. The van der Waals surface area contributed by atoms with Gasteiger partial charge in [-0.25, -0.2) is 0 Å². The molecule has 0 radical (unpaired) electrons. The van der Waals surface area contributed by atoms with E-state index in [0.717, 1.165) is 0 Å². The van der Waals surface area contributed by atoms with Crippen LogP contribution in [0.4, 0.5) is 0 Å². The van der Waals surface area contributed by atoms with Crippen LogP contribution in [0.25, 0.3) is 36.9 Å². The Hall–Kier alpha value is -2.42. The fourth-order valence-electron chi connectivity index (χ4n) is 4.53. The predicted molar refractivity (Wildman–Crippen MR) is 118 cm³/mol. The van der Waals surface area contributed by atoms with Gasteiger partial charge in [0.1, 0.15) is 0 Å². The van der Waals surface area contributed by atoms with Crippen molar-refractivity contribution in [3.63, 3.8) is 0 Å². The second-order valence-corrected chi connectivity index (χ2v) is 10.3. The molecular formula is C24H18SSi. The standard InChI is InChI=1S/C24H18SSi/c1-3-10-21-17(6-1)19-9-5-8-16(24(19)25-21)15-12-13-23-20(14-15)18-7-2-4-11-22(18)26-23/h1-3,5-10,12-14H,4,11,26H2. The summed E-state index contributed by atoms with van der Waals surface area (Å²) in [5.74, 6) is 0. The molecule has 0 saturated heterocycles. The maximum absolute atomic E-state index is 2.46. The van der Waals surface area contributed by atoms with Crippen LogP contribution in [0.1, 0.15) is 18.4 Å². The lowest BCUT2D eigenvalue weighted by Crippen LogP contribution is -2.13. The van der Waals surface area contributed by atoms with Crippen LogP contribution in [0.2, 0.25) is 0 Å². The van der Waals surface area contributed by atoms with Gasteiger partial charge in [0.2, 0.25) is 0 Å². The Labute approximate surface area is 159 Å². The summed E-state index contributed by atoms with van der Waals surface area (Å²) in [6.45, 7) is 0. The summed E-state index contributed by atoms with van der Waals surface area (Å²) in [6.07, 6.45) is 7.24. The molecule has 124 valence electrons. The molecule has 0 bridgehead atoms. The van der Waals surface area contributed by atoms with Crippen molar-refractivity contribution in [2.75, 3.05) is 0 Å². The summed E-state index contributed by atoms with van der Waals surface area (Å²) in [7, 11) is -0.227. The highest BCUT2D eigenvalue weighted by molar-refractivity contribution is 7.26. The van der Waals surface area contributed by atoms with Crippen molar-refractivity contribution in [2.24, 2.45) is 0 Å². The Morgan fingerprint density at radius 1 is 0.846 bits per heavy atom. The zero-order valence-corrected chi connectivity index (χ0v) is 16.7. The van der Waals surface area contributed by atoms with Gasteiger partial charge in [-0.2, -0.15) is 0 Å². The minimum atomic E-state index is -0.227. The summed E-state index contributed by atoms with van der Waals surface area (Å²) in [4.78, 5) is 0. The maximum atomic E-state index is 2.46. The average molecular weight is 367 g/mol. The molecule has 3 aromatic carbocycles. The molecule has 2 heteroatoms. The van der Waals surface area contributed by atoms with Crippen molar-refractivity contribution in [1.82, 2.24) is 0 Å². The van der Waals surface area contributed by atoms with Gasteiger partial charge in [-0.1, -0.05) is 71.1 Å². The molecule has 0 atom stereocenters. The number of rotatable bonds is 1. The third-order valence-electron chi connectivity index (χ3n) is 5.80. The fraction of sp³-hybridized carbons (Fsp3) is 0.0833. The molecule has 26 heavy (non-hydrogen) atoms. The lowest BCUT2D eigenvalue weighted by molar-refractivity contribution is 1.02. The van der Waals surface area contributed by atoms with Crippen LogP contribution in [0.5, 0.6) is 0 Å². The average Bonchev–Trinajstić information content (AvgIpc) is 3.25. The molecule has 0 spiro atoms. The minimum absolute atomic E-state index is 0.227. The van der Waals surface area contributed by atoms with Crippen molar-refractivity contribution in [2.45, 2.75) is 12.8 Å². The molecule has 1 aliphatic heterocycles. The van der Waals surface area contributed by atoms with Gasteiger partial charge in [0.15, 0.2) is 0 Å². The molecule has 2 aliphatic rings. The second kappa shape index (κ2) is 5.54. The quantitative estimate of drug-likeness (QED) is 0.385. The SMILES string of the molecule is C1=CC2=C(CC1)[SiH2]c1ccc(-c3cccc4c3sc3ccccc34)cc12. The molecule has 2 heterocycles. The molecule has 0 amide bonds. The Balaban J connectivity index is 1.59. The molecule has 0 N–H and O–H groups in total. The lowest BCUT2D eigenvalue weighted by atomic mass is 9.95. The zero-order valence-electron chi connectivity index (χ0n) is 14.5. The highest BCUT2D eigenvalue weighted by atomic mass is 32.1. The first-order valence-corrected chi connectivity index (χ1v) is 11.5. The van der Waals surface area contributed by atoms with Crippen molar-refractivity contribution in [3.8, 4) is 11.1 Å². The highest BCUT2D eigenvalue weighted by Crippen LogP contribution is 2.40. The second-order valence-electron chi connectivity index (χ2n) is 7.29. The largest absolute Gasteiger partial charge is 0.135 e. The minimum Gasteiger partial charge on any atom is -0.135 e. The van der Waals surface area contributed by atoms with E-state index in [9.17, 15) is 0 Å². The molecule has 1 aromatic heterocycles. The van der Waals surface area contributed by atoms with Crippen LogP contribution in [0, 0.1) is 0 Å². The Bertz CT molecular complexity index is 1260. The van der Waals surface area contributed by atoms with Crippen molar-refractivity contribution in [1.29, 1.82) is 0 Å². The van der Waals surface area contributed by atoms with Crippen LogP contribution < -0.4 is 5.19 Å². The normalized spacial score (nSPS) is 16.6. The van der Waals surface area contributed by atoms with E-state index in [0.29, 0.717) is 0 Å². The molecule has 4 aromatic rings. The van der Waals surface area contributed by atoms with Crippen molar-refractivity contribution < 1.29 is 0 Å². The number of benzene rings is 3. The third kappa shape index (κ3) is 2.06. The Kier molecular flexibility index (Phi) is 3.13. The van der Waals surface area contributed by atoms with Gasteiger partial charge >= 0.3 is 0 Å². The molecule has 1 aliphatic carbocycles. The summed E-state index contributed by atoms with van der Waals surface area (Å²) in [5.41, 5.74) is 5.80. The molecule has 0 nitrogen and oxygen atoms in total. The number of hydrogen-bond donors (Lipinski definition) is 0. The fourth-order valence-corrected chi connectivity index (χ4v) is 7.82. The van der Waals surface area contributed by atoms with Gasteiger partial charge in [0.25, 0.3) is 0 Å². The van der Waals surface area contributed by atoms with Crippen LogP contribution in [0.3, 0.4) is 0 Å². The first-order valence-electron chi connectivity index (χ1n) is 9.31. The van der Waals surface area contributed by atoms with Crippen LogP contribution in [-0.4, -0.2) is 9.52 Å². The van der Waals surface area contributed by atoms with Crippen molar-refractivity contribution in [3.05, 3.63) is 83.6 Å². The molecule has 0 fully saturated rings. The van der Waals surface area contributed by atoms with Crippen LogP contribution in [0.15, 0.2) is 78.0 Å². The van der Waals surface area contributed by atoms with E-state index in [2.05, 4.69) is 72.8 Å². The van der Waals surface area contributed by atoms with E-state index in [4.69, 9.17) is 0 Å². The van der Waals surface area contributed by atoms with Gasteiger partial charge in [-0.05, 0) is 47.2 Å². The molecule has 6 rings (SSSR count). The number of hydrogen-bond acceptors (Lipinski definition) is 1. The van der Waals surface area contributed by atoms with Gasteiger partial charge < -0.3 is 0 Å². The topological polar surface area (TPSA) is 0 Å².